The summed E-state index contributed by atoms with van der Waals surface area (Å²) in [6.07, 6.45) is 0. The molecule has 0 fully saturated rings. The van der Waals surface area contributed by atoms with Crippen molar-refractivity contribution in [1.82, 2.24) is 0 Å². The van der Waals surface area contributed by atoms with Gasteiger partial charge >= 0.3 is 22.0 Å². The molecule has 0 N–H and O–H groups in total. The summed E-state index contributed by atoms with van der Waals surface area (Å²) in [5.74, 6) is 0. The van der Waals surface area contributed by atoms with Crippen LogP contribution in [0, 0.1) is 0 Å². The Balaban J connectivity index is 2.52. The SMILES string of the molecule is [O-][I+]OCc1ccc(S)cc1. The van der Waals surface area contributed by atoms with Gasteiger partial charge in [-0.3, -0.25) is 0 Å². The van der Waals surface area contributed by atoms with E-state index in [1.165, 1.54) is 0 Å². The van der Waals surface area contributed by atoms with Crippen LogP contribution in [0.2, 0.25) is 0 Å². The highest BCUT2D eigenvalue weighted by Gasteiger charge is 1.96. The number of benzene rings is 1. The predicted octanol–water partition coefficient (Wildman–Crippen LogP) is -2.23. The van der Waals surface area contributed by atoms with Gasteiger partial charge in [0.15, 0.2) is 0 Å². The first-order valence-corrected chi connectivity index (χ1v) is 5.20. The Morgan fingerprint density at radius 2 is 2.00 bits per heavy atom. The van der Waals surface area contributed by atoms with E-state index in [-0.39, 0.29) is 0 Å². The zero-order valence-electron chi connectivity index (χ0n) is 5.66. The van der Waals surface area contributed by atoms with E-state index in [0.29, 0.717) is 6.61 Å². The fourth-order valence-electron chi connectivity index (χ4n) is 0.677. The zero-order valence-corrected chi connectivity index (χ0v) is 8.71. The van der Waals surface area contributed by atoms with Gasteiger partial charge in [0.25, 0.3) is 0 Å². The molecule has 0 atom stereocenters. The highest BCUT2D eigenvalue weighted by atomic mass is 127. The first kappa shape index (κ1) is 9.31. The molecule has 11 heavy (non-hydrogen) atoms. The van der Waals surface area contributed by atoms with Crippen molar-refractivity contribution in [3.63, 3.8) is 0 Å². The predicted molar refractivity (Wildman–Crippen MR) is 38.5 cm³/mol. The molecule has 0 amide bonds. The minimum atomic E-state index is -1.30. The van der Waals surface area contributed by atoms with Crippen molar-refractivity contribution in [2.75, 3.05) is 0 Å². The van der Waals surface area contributed by atoms with E-state index in [2.05, 4.69) is 12.6 Å². The van der Waals surface area contributed by atoms with Crippen molar-refractivity contribution < 1.29 is 28.5 Å². The lowest BCUT2D eigenvalue weighted by Crippen LogP contribution is -3.70. The van der Waals surface area contributed by atoms with E-state index < -0.39 is 22.0 Å². The molecule has 0 heterocycles. The molecule has 2 nitrogen and oxygen atoms in total. The van der Waals surface area contributed by atoms with E-state index in [4.69, 9.17) is 3.07 Å². The average Bonchev–Trinajstić information content (AvgIpc) is 2.04. The zero-order chi connectivity index (χ0) is 8.10. The standard InChI is InChI=1S/C7H7IO2S/c9-8-10-5-6-1-3-7(11)4-2-6/h1-4,11H,5H2. The Morgan fingerprint density at radius 1 is 1.36 bits per heavy atom. The van der Waals surface area contributed by atoms with Gasteiger partial charge in [0.2, 0.25) is 0 Å². The smallest absolute Gasteiger partial charge is 0.453 e. The monoisotopic (exact) mass is 282 g/mol. The molecule has 1 aromatic rings. The van der Waals surface area contributed by atoms with Crippen molar-refractivity contribution in [3.8, 4) is 0 Å². The number of thiol groups is 1. The summed E-state index contributed by atoms with van der Waals surface area (Å²) in [6, 6.07) is 7.57. The summed E-state index contributed by atoms with van der Waals surface area (Å²) in [5.41, 5.74) is 1.03. The molecule has 0 unspecified atom stereocenters. The number of hydrogen-bond donors (Lipinski definition) is 1. The number of hydrogen-bond acceptors (Lipinski definition) is 3. The normalized spacial score (nSPS) is 10.0. The van der Waals surface area contributed by atoms with Crippen LogP contribution in [0.4, 0.5) is 0 Å². The largest absolute Gasteiger partial charge is 0.567 e. The van der Waals surface area contributed by atoms with Crippen LogP contribution in [0.25, 0.3) is 0 Å². The molecule has 4 heteroatoms. The number of halogens is 1. The molecule has 0 spiro atoms. The van der Waals surface area contributed by atoms with E-state index in [1.54, 1.807) is 0 Å². The topological polar surface area (TPSA) is 32.3 Å². The van der Waals surface area contributed by atoms with Gasteiger partial charge in [-0.1, -0.05) is 12.1 Å². The second-order valence-corrected chi connectivity index (χ2v) is 3.48. The molecule has 0 aromatic heterocycles. The van der Waals surface area contributed by atoms with Crippen molar-refractivity contribution in [2.45, 2.75) is 11.5 Å². The first-order valence-electron chi connectivity index (χ1n) is 3.00. The third kappa shape index (κ3) is 3.42. The summed E-state index contributed by atoms with van der Waals surface area (Å²) in [7, 11) is 0. The van der Waals surface area contributed by atoms with Crippen molar-refractivity contribution >= 4 is 12.6 Å². The van der Waals surface area contributed by atoms with Crippen LogP contribution in [0.15, 0.2) is 29.2 Å². The molecular formula is C7H7IO2S. The van der Waals surface area contributed by atoms with Crippen LogP contribution in [-0.2, 0) is 9.67 Å². The Kier molecular flexibility index (Phi) is 4.21. The maximum atomic E-state index is 10.0. The fraction of sp³-hybridized carbons (Fsp3) is 0.143. The van der Waals surface area contributed by atoms with Crippen LogP contribution >= 0.6 is 12.6 Å². The Bertz CT molecular complexity index is 212. The molecular weight excluding hydrogens is 275 g/mol. The van der Waals surface area contributed by atoms with Gasteiger partial charge in [0.05, 0.1) is 0 Å². The molecule has 0 saturated carbocycles. The minimum absolute atomic E-state index is 0.435. The van der Waals surface area contributed by atoms with Crippen LogP contribution in [-0.4, -0.2) is 0 Å². The first-order chi connectivity index (χ1) is 5.33. The lowest BCUT2D eigenvalue weighted by atomic mass is 10.2. The van der Waals surface area contributed by atoms with Gasteiger partial charge in [-0.05, 0) is 17.7 Å². The summed E-state index contributed by atoms with van der Waals surface area (Å²) in [5, 5.41) is 0. The molecule has 0 radical (unpaired) electrons. The van der Waals surface area contributed by atoms with Crippen LogP contribution < -0.4 is 25.5 Å². The summed E-state index contributed by atoms with van der Waals surface area (Å²) in [4.78, 5) is 0.922. The molecule has 1 aromatic carbocycles. The summed E-state index contributed by atoms with van der Waals surface area (Å²) in [6.45, 7) is 0.435. The van der Waals surface area contributed by atoms with Gasteiger partial charge < -0.3 is 3.44 Å². The summed E-state index contributed by atoms with van der Waals surface area (Å²) < 4.78 is 14.8. The Labute approximate surface area is 82.3 Å². The summed E-state index contributed by atoms with van der Waals surface area (Å²) >= 11 is 2.83. The number of rotatable bonds is 3. The van der Waals surface area contributed by atoms with E-state index in [1.807, 2.05) is 24.3 Å². The molecule has 0 bridgehead atoms. The van der Waals surface area contributed by atoms with E-state index >= 15 is 0 Å². The Hall–Kier alpha value is 0.220. The molecule has 0 aliphatic heterocycles. The van der Waals surface area contributed by atoms with E-state index in [9.17, 15) is 3.44 Å². The lowest BCUT2D eigenvalue weighted by molar-refractivity contribution is -1.27. The minimum Gasteiger partial charge on any atom is -0.567 e. The van der Waals surface area contributed by atoms with Crippen molar-refractivity contribution in [2.24, 2.45) is 0 Å². The second kappa shape index (κ2) is 4.97. The molecule has 60 valence electrons. The van der Waals surface area contributed by atoms with Gasteiger partial charge in [-0.25, -0.2) is 0 Å². The van der Waals surface area contributed by atoms with Crippen molar-refractivity contribution in [3.05, 3.63) is 29.8 Å². The van der Waals surface area contributed by atoms with Crippen LogP contribution in [0.3, 0.4) is 0 Å². The third-order valence-electron chi connectivity index (χ3n) is 1.20. The van der Waals surface area contributed by atoms with Crippen LogP contribution in [0.5, 0.6) is 0 Å². The Morgan fingerprint density at radius 3 is 2.55 bits per heavy atom. The van der Waals surface area contributed by atoms with Crippen LogP contribution in [0.1, 0.15) is 5.56 Å². The highest BCUT2D eigenvalue weighted by molar-refractivity contribution is 7.80. The van der Waals surface area contributed by atoms with Gasteiger partial charge in [-0.15, -0.1) is 15.7 Å². The third-order valence-corrected chi connectivity index (χ3v) is 2.07. The molecule has 0 aliphatic rings. The maximum Gasteiger partial charge on any atom is 0.453 e. The molecule has 0 saturated heterocycles. The fourth-order valence-corrected chi connectivity index (χ4v) is 1.31. The van der Waals surface area contributed by atoms with Gasteiger partial charge in [-0.2, -0.15) is 0 Å². The van der Waals surface area contributed by atoms with Gasteiger partial charge in [0, 0.05) is 4.90 Å². The highest BCUT2D eigenvalue weighted by Crippen LogP contribution is 2.07. The average molecular weight is 282 g/mol. The van der Waals surface area contributed by atoms with E-state index in [0.717, 1.165) is 10.5 Å². The van der Waals surface area contributed by atoms with Crippen molar-refractivity contribution in [1.29, 1.82) is 0 Å². The van der Waals surface area contributed by atoms with Gasteiger partial charge in [0.1, 0.15) is 6.61 Å². The lowest BCUT2D eigenvalue weighted by Gasteiger charge is -1.95. The second-order valence-electron chi connectivity index (χ2n) is 1.98. The molecule has 1 rings (SSSR count). The quantitative estimate of drug-likeness (QED) is 0.503. The molecule has 0 aliphatic carbocycles. The maximum absolute atomic E-state index is 10.0.